The molecule has 0 radical (unpaired) electrons. The molecular formula is C19H17N. The molecule has 1 aromatic heterocycles. The molecule has 0 bridgehead atoms. The quantitative estimate of drug-likeness (QED) is 0.667. The Morgan fingerprint density at radius 2 is 1.45 bits per heavy atom. The lowest BCUT2D eigenvalue weighted by molar-refractivity contribution is 1.07. The average molecular weight is 259 g/mol. The molecule has 98 valence electrons. The van der Waals surface area contributed by atoms with E-state index in [1.54, 1.807) is 0 Å². The van der Waals surface area contributed by atoms with Gasteiger partial charge in [0.25, 0.3) is 0 Å². The van der Waals surface area contributed by atoms with Crippen LogP contribution >= 0.6 is 0 Å². The molecule has 1 heteroatoms. The van der Waals surface area contributed by atoms with Crippen LogP contribution in [0.5, 0.6) is 0 Å². The summed E-state index contributed by atoms with van der Waals surface area (Å²) in [6.45, 7) is 2.15. The molecule has 0 aliphatic carbocycles. The Balaban J connectivity index is 2.06. The van der Waals surface area contributed by atoms with E-state index in [-0.39, 0.29) is 0 Å². The van der Waals surface area contributed by atoms with E-state index >= 15 is 0 Å². The summed E-state index contributed by atoms with van der Waals surface area (Å²) < 4.78 is 0. The van der Waals surface area contributed by atoms with Crippen LogP contribution in [0.3, 0.4) is 0 Å². The number of pyridine rings is 1. The smallest absolute Gasteiger partial charge is 0.0528 e. The van der Waals surface area contributed by atoms with Crippen molar-refractivity contribution >= 4 is 0 Å². The standard InChI is InChI=1S/C19H17N/c1-15-12-13-20-18(14-16-8-4-2-5-9-16)19(15)17-10-6-3-7-11-17/h2-13H,14H2,1H3. The number of rotatable bonds is 3. The molecule has 0 unspecified atom stereocenters. The van der Waals surface area contributed by atoms with Crippen LogP contribution in [0, 0.1) is 6.92 Å². The fourth-order valence-electron chi connectivity index (χ4n) is 2.54. The van der Waals surface area contributed by atoms with E-state index in [1.807, 2.05) is 18.3 Å². The summed E-state index contributed by atoms with van der Waals surface area (Å²) in [6, 6.07) is 23.1. The van der Waals surface area contributed by atoms with Crippen molar-refractivity contribution in [3.8, 4) is 11.1 Å². The third kappa shape index (κ3) is 2.62. The highest BCUT2D eigenvalue weighted by Crippen LogP contribution is 2.27. The normalized spacial score (nSPS) is 10.4. The minimum atomic E-state index is 0.868. The summed E-state index contributed by atoms with van der Waals surface area (Å²) >= 11 is 0. The fourth-order valence-corrected chi connectivity index (χ4v) is 2.54. The van der Waals surface area contributed by atoms with Crippen LogP contribution in [0.2, 0.25) is 0 Å². The Kier molecular flexibility index (Phi) is 3.60. The van der Waals surface area contributed by atoms with Gasteiger partial charge in [0.15, 0.2) is 0 Å². The third-order valence-corrected chi connectivity index (χ3v) is 3.51. The molecule has 0 amide bonds. The third-order valence-electron chi connectivity index (χ3n) is 3.51. The van der Waals surface area contributed by atoms with Gasteiger partial charge in [0.2, 0.25) is 0 Å². The highest BCUT2D eigenvalue weighted by molar-refractivity contribution is 5.69. The highest BCUT2D eigenvalue weighted by atomic mass is 14.7. The van der Waals surface area contributed by atoms with E-state index in [0.29, 0.717) is 0 Å². The molecule has 2 aromatic carbocycles. The van der Waals surface area contributed by atoms with Gasteiger partial charge in [0.05, 0.1) is 5.69 Å². The van der Waals surface area contributed by atoms with E-state index in [1.165, 1.54) is 22.3 Å². The minimum absolute atomic E-state index is 0.868. The lowest BCUT2D eigenvalue weighted by atomic mass is 9.96. The van der Waals surface area contributed by atoms with Gasteiger partial charge in [-0.2, -0.15) is 0 Å². The van der Waals surface area contributed by atoms with Crippen molar-refractivity contribution < 1.29 is 0 Å². The van der Waals surface area contributed by atoms with E-state index < -0.39 is 0 Å². The van der Waals surface area contributed by atoms with Gasteiger partial charge >= 0.3 is 0 Å². The number of aromatic nitrogens is 1. The minimum Gasteiger partial charge on any atom is -0.260 e. The monoisotopic (exact) mass is 259 g/mol. The van der Waals surface area contributed by atoms with E-state index in [0.717, 1.165) is 12.1 Å². The molecule has 0 spiro atoms. The summed E-state index contributed by atoms with van der Waals surface area (Å²) in [5, 5.41) is 0. The van der Waals surface area contributed by atoms with Crippen LogP contribution in [0.15, 0.2) is 72.9 Å². The van der Waals surface area contributed by atoms with Crippen molar-refractivity contribution in [3.63, 3.8) is 0 Å². The topological polar surface area (TPSA) is 12.9 Å². The second-order valence-electron chi connectivity index (χ2n) is 4.98. The lowest BCUT2D eigenvalue weighted by Gasteiger charge is -2.12. The maximum Gasteiger partial charge on any atom is 0.0528 e. The van der Waals surface area contributed by atoms with Crippen molar-refractivity contribution in [2.75, 3.05) is 0 Å². The molecule has 3 rings (SSSR count). The van der Waals surface area contributed by atoms with Crippen molar-refractivity contribution in [3.05, 3.63) is 89.7 Å². The number of hydrogen-bond donors (Lipinski definition) is 0. The van der Waals surface area contributed by atoms with Crippen molar-refractivity contribution in [2.45, 2.75) is 13.3 Å². The van der Waals surface area contributed by atoms with Crippen LogP contribution in [-0.2, 0) is 6.42 Å². The lowest BCUT2D eigenvalue weighted by Crippen LogP contribution is -1.98. The van der Waals surface area contributed by atoms with Crippen molar-refractivity contribution in [2.24, 2.45) is 0 Å². The summed E-state index contributed by atoms with van der Waals surface area (Å²) in [6.07, 6.45) is 2.77. The number of hydrogen-bond acceptors (Lipinski definition) is 1. The van der Waals surface area contributed by atoms with Gasteiger partial charge in [-0.3, -0.25) is 4.98 Å². The fraction of sp³-hybridized carbons (Fsp3) is 0.105. The average Bonchev–Trinajstić information content (AvgIpc) is 2.49. The van der Waals surface area contributed by atoms with Crippen LogP contribution in [0.4, 0.5) is 0 Å². The predicted molar refractivity (Wildman–Crippen MR) is 83.7 cm³/mol. The summed E-state index contributed by atoms with van der Waals surface area (Å²) in [5.74, 6) is 0. The van der Waals surface area contributed by atoms with E-state index in [4.69, 9.17) is 0 Å². The second kappa shape index (κ2) is 5.70. The van der Waals surface area contributed by atoms with Crippen LogP contribution in [0.25, 0.3) is 11.1 Å². The van der Waals surface area contributed by atoms with Crippen molar-refractivity contribution in [1.82, 2.24) is 4.98 Å². The Bertz CT molecular complexity index is 687. The molecule has 20 heavy (non-hydrogen) atoms. The molecule has 3 aromatic rings. The van der Waals surface area contributed by atoms with Gasteiger partial charge in [-0.15, -0.1) is 0 Å². The maximum atomic E-state index is 4.61. The zero-order chi connectivity index (χ0) is 13.8. The van der Waals surface area contributed by atoms with E-state index in [2.05, 4.69) is 66.5 Å². The Labute approximate surface area is 119 Å². The highest BCUT2D eigenvalue weighted by Gasteiger charge is 2.09. The zero-order valence-corrected chi connectivity index (χ0v) is 11.6. The SMILES string of the molecule is Cc1ccnc(Cc2ccccc2)c1-c1ccccc1. The molecular weight excluding hydrogens is 242 g/mol. The van der Waals surface area contributed by atoms with Crippen LogP contribution in [-0.4, -0.2) is 4.98 Å². The van der Waals surface area contributed by atoms with Crippen LogP contribution in [0.1, 0.15) is 16.8 Å². The molecule has 0 aliphatic heterocycles. The molecule has 0 aliphatic rings. The number of aryl methyl sites for hydroxylation is 1. The van der Waals surface area contributed by atoms with Gasteiger partial charge in [-0.25, -0.2) is 0 Å². The van der Waals surface area contributed by atoms with Gasteiger partial charge in [0, 0.05) is 18.2 Å². The molecule has 0 fully saturated rings. The number of benzene rings is 2. The summed E-state index contributed by atoms with van der Waals surface area (Å²) in [5.41, 5.74) is 6.21. The van der Waals surface area contributed by atoms with Gasteiger partial charge < -0.3 is 0 Å². The predicted octanol–water partition coefficient (Wildman–Crippen LogP) is 4.65. The Morgan fingerprint density at radius 3 is 2.15 bits per heavy atom. The number of nitrogens with zero attached hydrogens (tertiary/aromatic N) is 1. The largest absolute Gasteiger partial charge is 0.260 e. The maximum absolute atomic E-state index is 4.61. The van der Waals surface area contributed by atoms with Gasteiger partial charge in [0.1, 0.15) is 0 Å². The first kappa shape index (κ1) is 12.6. The first-order valence-corrected chi connectivity index (χ1v) is 6.88. The molecule has 0 N–H and O–H groups in total. The Morgan fingerprint density at radius 1 is 0.800 bits per heavy atom. The molecule has 1 heterocycles. The zero-order valence-electron chi connectivity index (χ0n) is 11.6. The second-order valence-corrected chi connectivity index (χ2v) is 4.98. The first-order valence-electron chi connectivity index (χ1n) is 6.88. The molecule has 0 saturated heterocycles. The summed E-state index contributed by atoms with van der Waals surface area (Å²) in [4.78, 5) is 4.61. The summed E-state index contributed by atoms with van der Waals surface area (Å²) in [7, 11) is 0. The first-order chi connectivity index (χ1) is 9.84. The van der Waals surface area contributed by atoms with Crippen molar-refractivity contribution in [1.29, 1.82) is 0 Å². The van der Waals surface area contributed by atoms with Crippen LogP contribution < -0.4 is 0 Å². The molecule has 0 saturated carbocycles. The molecule has 1 nitrogen and oxygen atoms in total. The van der Waals surface area contributed by atoms with Gasteiger partial charge in [-0.1, -0.05) is 60.7 Å². The van der Waals surface area contributed by atoms with Gasteiger partial charge in [-0.05, 0) is 29.7 Å². The molecule has 0 atom stereocenters. The van der Waals surface area contributed by atoms with E-state index in [9.17, 15) is 0 Å². The Hall–Kier alpha value is -2.41.